The number of nitrogens with zero attached hydrogens (tertiary/aromatic N) is 2. The number of piperidine rings is 1. The summed E-state index contributed by atoms with van der Waals surface area (Å²) in [6.45, 7) is 2.03. The summed E-state index contributed by atoms with van der Waals surface area (Å²) < 4.78 is 0.875. The van der Waals surface area contributed by atoms with E-state index >= 15 is 0 Å². The third-order valence-corrected chi connectivity index (χ3v) is 8.57. The lowest BCUT2D eigenvalue weighted by Gasteiger charge is -2.47. The number of rotatable bonds is 2. The molecule has 0 spiro atoms. The third-order valence-electron chi connectivity index (χ3n) is 7.32. The van der Waals surface area contributed by atoms with Crippen LogP contribution in [0.1, 0.15) is 57.8 Å². The van der Waals surface area contributed by atoms with Gasteiger partial charge < -0.3 is 4.90 Å². The van der Waals surface area contributed by atoms with Crippen LogP contribution >= 0.6 is 22.6 Å². The van der Waals surface area contributed by atoms with Crippen molar-refractivity contribution in [1.82, 2.24) is 9.80 Å². The Bertz CT molecular complexity index is 443. The van der Waals surface area contributed by atoms with Crippen LogP contribution in [0.4, 0.5) is 0 Å². The van der Waals surface area contributed by atoms with Crippen LogP contribution < -0.4 is 0 Å². The number of amides is 1. The molecule has 2 bridgehead atoms. The highest BCUT2D eigenvalue weighted by atomic mass is 127. The van der Waals surface area contributed by atoms with Gasteiger partial charge in [-0.2, -0.15) is 0 Å². The maximum absolute atomic E-state index is 13.3. The van der Waals surface area contributed by atoms with Crippen molar-refractivity contribution in [3.63, 3.8) is 0 Å². The van der Waals surface area contributed by atoms with Crippen LogP contribution in [-0.2, 0) is 4.79 Å². The fourth-order valence-corrected chi connectivity index (χ4v) is 6.71. The van der Waals surface area contributed by atoms with E-state index in [-0.39, 0.29) is 0 Å². The Morgan fingerprint density at radius 2 is 1.70 bits per heavy atom. The highest BCUT2D eigenvalue weighted by Crippen LogP contribution is 2.49. The molecule has 3 heterocycles. The lowest BCUT2D eigenvalue weighted by molar-refractivity contribution is -0.142. The van der Waals surface area contributed by atoms with Crippen molar-refractivity contribution >= 4 is 28.5 Å². The van der Waals surface area contributed by atoms with E-state index in [1.54, 1.807) is 0 Å². The molecule has 1 saturated carbocycles. The normalized spacial score (nSPS) is 44.7. The highest BCUT2D eigenvalue weighted by Gasteiger charge is 2.51. The lowest BCUT2D eigenvalue weighted by atomic mass is 9.68. The van der Waals surface area contributed by atoms with Crippen molar-refractivity contribution in [2.75, 3.05) is 20.1 Å². The zero-order valence-electron chi connectivity index (χ0n) is 14.4. The molecule has 2 unspecified atom stereocenters. The Balaban J connectivity index is 1.56. The molecule has 0 aromatic rings. The van der Waals surface area contributed by atoms with Crippen LogP contribution in [0.5, 0.6) is 0 Å². The van der Waals surface area contributed by atoms with Crippen LogP contribution in [-0.4, -0.2) is 51.9 Å². The van der Waals surface area contributed by atoms with Gasteiger partial charge in [-0.3, -0.25) is 9.69 Å². The summed E-state index contributed by atoms with van der Waals surface area (Å²) in [4.78, 5) is 18.1. The van der Waals surface area contributed by atoms with E-state index in [9.17, 15) is 4.79 Å². The van der Waals surface area contributed by atoms with Gasteiger partial charge in [-0.15, -0.1) is 0 Å². The van der Waals surface area contributed by atoms with Gasteiger partial charge in [0.05, 0.1) is 5.92 Å². The summed E-state index contributed by atoms with van der Waals surface area (Å²) in [7, 11) is 2.28. The molecule has 1 amide bonds. The minimum absolute atomic E-state index is 0.299. The van der Waals surface area contributed by atoms with E-state index in [0.29, 0.717) is 23.8 Å². The summed E-state index contributed by atoms with van der Waals surface area (Å²) in [5.74, 6) is 2.30. The van der Waals surface area contributed by atoms with Gasteiger partial charge in [0.15, 0.2) is 0 Å². The van der Waals surface area contributed by atoms with Crippen LogP contribution in [0.15, 0.2) is 0 Å². The predicted molar refractivity (Wildman–Crippen MR) is 102 cm³/mol. The predicted octanol–water partition coefficient (Wildman–Crippen LogP) is 3.70. The molecule has 4 heteroatoms. The van der Waals surface area contributed by atoms with E-state index in [1.165, 1.54) is 57.8 Å². The molecule has 4 aliphatic rings. The minimum atomic E-state index is 0.299. The van der Waals surface area contributed by atoms with Gasteiger partial charge in [-0.25, -0.2) is 0 Å². The Morgan fingerprint density at radius 1 is 1.00 bits per heavy atom. The molecule has 3 saturated heterocycles. The minimum Gasteiger partial charge on any atom is -0.342 e. The molecule has 4 fully saturated rings. The molecule has 0 N–H and O–H groups in total. The lowest BCUT2D eigenvalue weighted by Crippen LogP contribution is -2.54. The summed E-state index contributed by atoms with van der Waals surface area (Å²) in [6, 6.07) is 1.29. The second kappa shape index (κ2) is 6.81. The van der Waals surface area contributed by atoms with Gasteiger partial charge in [0.25, 0.3) is 0 Å². The molecule has 4 atom stereocenters. The zero-order chi connectivity index (χ0) is 16.0. The van der Waals surface area contributed by atoms with Crippen molar-refractivity contribution in [1.29, 1.82) is 0 Å². The quantitative estimate of drug-likeness (QED) is 0.493. The number of alkyl halides is 1. The van der Waals surface area contributed by atoms with Gasteiger partial charge >= 0.3 is 0 Å². The number of fused-ring (bicyclic) bond motifs is 2. The molecule has 1 aliphatic carbocycles. The average Bonchev–Trinajstić information content (AvgIpc) is 3.15. The molecule has 0 aromatic heterocycles. The van der Waals surface area contributed by atoms with E-state index in [0.717, 1.165) is 29.0 Å². The number of carbonyl (C=O) groups excluding carboxylic acids is 1. The molecular formula is C19H31IN2O. The summed E-state index contributed by atoms with van der Waals surface area (Å²) in [6.07, 6.45) is 11.8. The second-order valence-corrected chi connectivity index (χ2v) is 10.2. The first-order valence-electron chi connectivity index (χ1n) is 9.80. The molecule has 0 aromatic carbocycles. The Morgan fingerprint density at radius 3 is 2.39 bits per heavy atom. The van der Waals surface area contributed by atoms with Crippen molar-refractivity contribution in [3.05, 3.63) is 0 Å². The van der Waals surface area contributed by atoms with Gasteiger partial charge in [0.1, 0.15) is 0 Å². The smallest absolute Gasteiger partial charge is 0.227 e. The van der Waals surface area contributed by atoms with E-state index < -0.39 is 0 Å². The van der Waals surface area contributed by atoms with Crippen LogP contribution in [0.2, 0.25) is 0 Å². The average molecular weight is 430 g/mol. The zero-order valence-corrected chi connectivity index (χ0v) is 16.6. The number of hydrogen-bond donors (Lipinski definition) is 0. The number of halogens is 1. The van der Waals surface area contributed by atoms with Crippen molar-refractivity contribution in [3.8, 4) is 0 Å². The van der Waals surface area contributed by atoms with Gasteiger partial charge in [-0.1, -0.05) is 22.6 Å². The third kappa shape index (κ3) is 3.07. The van der Waals surface area contributed by atoms with Crippen molar-refractivity contribution in [2.45, 2.75) is 73.8 Å². The van der Waals surface area contributed by atoms with Gasteiger partial charge in [-0.05, 0) is 76.7 Å². The van der Waals surface area contributed by atoms with Crippen molar-refractivity contribution < 1.29 is 4.79 Å². The maximum Gasteiger partial charge on any atom is 0.227 e. The van der Waals surface area contributed by atoms with E-state index in [2.05, 4.69) is 39.4 Å². The standard InChI is InChI=1S/C19H31IN2O/c1-21-15-8-9-17(21)18(19(23)22-10-2-3-11-22)16(12-15)13-4-6-14(20)7-5-13/h13-18H,2-12H2,1H3/t13?,14?,15-,16-,17?,18?/m1/s1. The summed E-state index contributed by atoms with van der Waals surface area (Å²) in [5, 5.41) is 0. The first kappa shape index (κ1) is 16.6. The molecule has 23 heavy (non-hydrogen) atoms. The van der Waals surface area contributed by atoms with Crippen LogP contribution in [0.3, 0.4) is 0 Å². The molecule has 4 rings (SSSR count). The maximum atomic E-state index is 13.3. The molecule has 3 aliphatic heterocycles. The van der Waals surface area contributed by atoms with Crippen LogP contribution in [0, 0.1) is 17.8 Å². The fraction of sp³-hybridized carbons (Fsp3) is 0.947. The molecule has 3 nitrogen and oxygen atoms in total. The first-order chi connectivity index (χ1) is 11.1. The highest BCUT2D eigenvalue weighted by molar-refractivity contribution is 14.1. The number of hydrogen-bond acceptors (Lipinski definition) is 2. The Labute approximate surface area is 154 Å². The SMILES string of the molecule is CN1C2CC[C@@H]1C[C@H](C1CCC(I)CC1)C2C(=O)N1CCCC1. The Hall–Kier alpha value is 0.160. The topological polar surface area (TPSA) is 23.6 Å². The first-order valence-corrected chi connectivity index (χ1v) is 11.0. The fourth-order valence-electron chi connectivity index (χ4n) is 5.99. The van der Waals surface area contributed by atoms with E-state index in [4.69, 9.17) is 0 Å². The van der Waals surface area contributed by atoms with Crippen LogP contribution in [0.25, 0.3) is 0 Å². The Kier molecular flexibility index (Phi) is 4.92. The second-order valence-electron chi connectivity index (χ2n) is 8.43. The number of likely N-dealkylation sites (tertiary alicyclic amines) is 1. The number of carbonyl (C=O) groups is 1. The van der Waals surface area contributed by atoms with Gasteiger partial charge in [0.2, 0.25) is 5.91 Å². The monoisotopic (exact) mass is 430 g/mol. The largest absolute Gasteiger partial charge is 0.342 e. The van der Waals surface area contributed by atoms with Gasteiger partial charge in [0, 0.05) is 29.1 Å². The molecular weight excluding hydrogens is 399 g/mol. The summed E-state index contributed by atoms with van der Waals surface area (Å²) in [5.41, 5.74) is 0. The van der Waals surface area contributed by atoms with E-state index in [1.807, 2.05) is 0 Å². The molecule has 0 radical (unpaired) electrons. The summed E-state index contributed by atoms with van der Waals surface area (Å²) >= 11 is 2.63. The molecule has 130 valence electrons. The van der Waals surface area contributed by atoms with Crippen molar-refractivity contribution in [2.24, 2.45) is 17.8 Å².